The van der Waals surface area contributed by atoms with Gasteiger partial charge in [0.15, 0.2) is 11.4 Å². The first-order valence-electron chi connectivity index (χ1n) is 9.51. The molecule has 0 unspecified atom stereocenters. The molecular weight excluding hydrogens is 495 g/mol. The Balaban J connectivity index is 1.72. The van der Waals surface area contributed by atoms with Gasteiger partial charge in [0.1, 0.15) is 5.76 Å². The largest absolute Gasteiger partial charge is 0.478 e. The van der Waals surface area contributed by atoms with Crippen LogP contribution in [0.4, 0.5) is 24.7 Å². The van der Waals surface area contributed by atoms with E-state index in [2.05, 4.69) is 10.1 Å². The van der Waals surface area contributed by atoms with Gasteiger partial charge in [0.25, 0.3) is 5.91 Å². The molecular formula is C22H11ClF3N3O6. The molecule has 1 amide bonds. The van der Waals surface area contributed by atoms with E-state index in [0.29, 0.717) is 5.01 Å². The van der Waals surface area contributed by atoms with Gasteiger partial charge in [0.2, 0.25) is 5.88 Å². The molecule has 2 N–H and O–H groups in total. The van der Waals surface area contributed by atoms with Crippen molar-refractivity contribution in [1.29, 1.82) is 0 Å². The molecule has 0 radical (unpaired) electrons. The van der Waals surface area contributed by atoms with Crippen molar-refractivity contribution in [2.75, 3.05) is 5.01 Å². The van der Waals surface area contributed by atoms with Crippen molar-refractivity contribution in [2.45, 2.75) is 6.18 Å². The van der Waals surface area contributed by atoms with Gasteiger partial charge in [-0.05, 0) is 42.5 Å². The van der Waals surface area contributed by atoms with Crippen molar-refractivity contribution in [2.24, 2.45) is 10.1 Å². The van der Waals surface area contributed by atoms with Crippen LogP contribution in [-0.2, 0) is 4.79 Å². The second-order valence-corrected chi connectivity index (χ2v) is 7.42. The van der Waals surface area contributed by atoms with E-state index in [-0.39, 0.29) is 39.0 Å². The summed E-state index contributed by atoms with van der Waals surface area (Å²) in [6.07, 6.45) is -5.06. The van der Waals surface area contributed by atoms with Crippen molar-refractivity contribution in [3.05, 3.63) is 70.7 Å². The van der Waals surface area contributed by atoms with Gasteiger partial charge in [0, 0.05) is 11.6 Å². The van der Waals surface area contributed by atoms with Crippen LogP contribution in [0.5, 0.6) is 0 Å². The van der Waals surface area contributed by atoms with Gasteiger partial charge < -0.3 is 14.6 Å². The Hall–Kier alpha value is -4.45. The molecule has 0 spiro atoms. The topological polar surface area (TPSA) is 133 Å². The first-order chi connectivity index (χ1) is 16.5. The van der Waals surface area contributed by atoms with E-state index in [1.54, 1.807) is 0 Å². The summed E-state index contributed by atoms with van der Waals surface area (Å²) in [7, 11) is 0. The molecule has 1 aromatic heterocycles. The molecule has 13 heteroatoms. The molecule has 1 aliphatic heterocycles. The Morgan fingerprint density at radius 2 is 1.77 bits per heavy atom. The fourth-order valence-electron chi connectivity index (χ4n) is 3.13. The molecule has 1 aliphatic rings. The van der Waals surface area contributed by atoms with Crippen LogP contribution in [-0.4, -0.2) is 45.7 Å². The summed E-state index contributed by atoms with van der Waals surface area (Å²) in [5, 5.41) is 22.0. The van der Waals surface area contributed by atoms with Gasteiger partial charge in [-0.1, -0.05) is 17.7 Å². The quantitative estimate of drug-likeness (QED) is 0.499. The van der Waals surface area contributed by atoms with Crippen molar-refractivity contribution in [1.82, 2.24) is 0 Å². The zero-order valence-electron chi connectivity index (χ0n) is 17.1. The third-order valence-corrected chi connectivity index (χ3v) is 5.05. The predicted octanol–water partition coefficient (Wildman–Crippen LogP) is 5.03. The number of benzene rings is 2. The minimum atomic E-state index is -5.06. The fraction of sp³-hybridized carbons (Fsp3) is 0.0455. The number of anilines is 1. The van der Waals surface area contributed by atoms with Gasteiger partial charge >= 0.3 is 18.1 Å². The van der Waals surface area contributed by atoms with E-state index in [1.807, 2.05) is 0 Å². The van der Waals surface area contributed by atoms with Crippen molar-refractivity contribution < 1.29 is 42.2 Å². The SMILES string of the molecule is O=C(O)c1cccc(N2N=C(C(F)(F)F)/C(=N/c3ccc(-c4ccc(Cl)c(C(=O)O)c4)o3)C2=O)c1. The van der Waals surface area contributed by atoms with Crippen LogP contribution in [0.3, 0.4) is 0 Å². The number of carbonyl (C=O) groups excluding carboxylic acids is 1. The standard InChI is InChI=1S/C22H11ClF3N3O6/c23-14-5-4-10(9-13(14)21(33)34)15-6-7-16(35-15)27-17-18(22(24,25)26)28-29(19(17)30)12-3-1-2-11(8-12)20(31)32/h1-9H,(H,31,32)(H,33,34)/b27-17-. The highest BCUT2D eigenvalue weighted by Crippen LogP contribution is 2.32. The highest BCUT2D eigenvalue weighted by atomic mass is 35.5. The number of halogens is 4. The Morgan fingerprint density at radius 1 is 1.03 bits per heavy atom. The highest BCUT2D eigenvalue weighted by Gasteiger charge is 2.48. The normalized spacial score (nSPS) is 15.0. The lowest BCUT2D eigenvalue weighted by molar-refractivity contribution is -0.112. The maximum atomic E-state index is 13.6. The number of alkyl halides is 3. The summed E-state index contributed by atoms with van der Waals surface area (Å²) in [5.41, 5.74) is -3.09. The minimum absolute atomic E-state index is 0.0251. The summed E-state index contributed by atoms with van der Waals surface area (Å²) >= 11 is 5.84. The Kier molecular flexibility index (Phi) is 5.91. The van der Waals surface area contributed by atoms with Crippen LogP contribution in [0.2, 0.25) is 5.02 Å². The van der Waals surface area contributed by atoms with Crippen molar-refractivity contribution in [3.8, 4) is 11.3 Å². The molecule has 0 fully saturated rings. The second kappa shape index (κ2) is 8.72. The maximum Gasteiger partial charge on any atom is 0.437 e. The molecule has 0 aliphatic carbocycles. The summed E-state index contributed by atoms with van der Waals surface area (Å²) in [6.45, 7) is 0. The van der Waals surface area contributed by atoms with E-state index in [0.717, 1.165) is 6.07 Å². The lowest BCUT2D eigenvalue weighted by Gasteiger charge is -2.11. The van der Waals surface area contributed by atoms with E-state index in [1.165, 1.54) is 48.5 Å². The number of furan rings is 1. The van der Waals surface area contributed by atoms with E-state index in [4.69, 9.17) is 21.1 Å². The Bertz CT molecular complexity index is 1440. The zero-order valence-corrected chi connectivity index (χ0v) is 17.8. The number of carboxylic acid groups (broad SMARTS) is 2. The molecule has 0 saturated carbocycles. The van der Waals surface area contributed by atoms with Gasteiger partial charge in [-0.3, -0.25) is 4.79 Å². The van der Waals surface area contributed by atoms with Gasteiger partial charge in [0.05, 0.1) is 21.8 Å². The Morgan fingerprint density at radius 3 is 2.43 bits per heavy atom. The summed E-state index contributed by atoms with van der Waals surface area (Å²) in [5.74, 6) is -4.21. The van der Waals surface area contributed by atoms with Crippen LogP contribution in [0.1, 0.15) is 20.7 Å². The molecule has 2 aromatic carbocycles. The molecule has 2 heterocycles. The number of aromatic carboxylic acids is 2. The molecule has 4 rings (SSSR count). The van der Waals surface area contributed by atoms with Gasteiger partial charge in [-0.25, -0.2) is 14.6 Å². The number of hydrogen-bond donors (Lipinski definition) is 2. The van der Waals surface area contributed by atoms with E-state index >= 15 is 0 Å². The summed E-state index contributed by atoms with van der Waals surface area (Å²) in [4.78, 5) is 38.9. The average Bonchev–Trinajstić information content (AvgIpc) is 3.39. The lowest BCUT2D eigenvalue weighted by atomic mass is 10.1. The van der Waals surface area contributed by atoms with Crippen LogP contribution in [0.25, 0.3) is 11.3 Å². The Labute approximate surface area is 198 Å². The predicted molar refractivity (Wildman–Crippen MR) is 118 cm³/mol. The summed E-state index contributed by atoms with van der Waals surface area (Å²) in [6, 6.07) is 11.1. The first kappa shape index (κ1) is 23.7. The zero-order chi connectivity index (χ0) is 25.5. The number of hydrazone groups is 1. The molecule has 178 valence electrons. The number of nitrogens with zero attached hydrogens (tertiary/aromatic N) is 3. The van der Waals surface area contributed by atoms with Crippen LogP contribution in [0.15, 0.2) is 69.1 Å². The molecule has 35 heavy (non-hydrogen) atoms. The number of aliphatic imine (C=N–C) groups is 1. The minimum Gasteiger partial charge on any atom is -0.478 e. The number of carbonyl (C=O) groups is 3. The smallest absolute Gasteiger partial charge is 0.437 e. The van der Waals surface area contributed by atoms with Crippen LogP contribution < -0.4 is 5.01 Å². The monoisotopic (exact) mass is 505 g/mol. The fourth-order valence-corrected chi connectivity index (χ4v) is 3.33. The molecule has 9 nitrogen and oxygen atoms in total. The van der Waals surface area contributed by atoms with Gasteiger partial charge in [-0.15, -0.1) is 0 Å². The second-order valence-electron chi connectivity index (χ2n) is 7.02. The molecule has 3 aromatic rings. The molecule has 0 saturated heterocycles. The van der Waals surface area contributed by atoms with E-state index < -0.39 is 35.4 Å². The summed E-state index contributed by atoms with van der Waals surface area (Å²) < 4.78 is 46.3. The number of carboxylic acids is 2. The van der Waals surface area contributed by atoms with Gasteiger partial charge in [-0.2, -0.15) is 23.3 Å². The lowest BCUT2D eigenvalue weighted by Crippen LogP contribution is -2.33. The molecule has 0 atom stereocenters. The average molecular weight is 506 g/mol. The molecule has 0 bridgehead atoms. The van der Waals surface area contributed by atoms with Crippen molar-refractivity contribution >= 4 is 52.4 Å². The third kappa shape index (κ3) is 4.64. The highest BCUT2D eigenvalue weighted by molar-refractivity contribution is 6.72. The maximum absolute atomic E-state index is 13.6. The number of hydrogen-bond acceptors (Lipinski definition) is 6. The van der Waals surface area contributed by atoms with Crippen molar-refractivity contribution in [3.63, 3.8) is 0 Å². The third-order valence-electron chi connectivity index (χ3n) is 4.72. The number of rotatable bonds is 5. The van der Waals surface area contributed by atoms with Crippen LogP contribution >= 0.6 is 11.6 Å². The van der Waals surface area contributed by atoms with E-state index in [9.17, 15) is 32.7 Å². The number of amides is 1. The van der Waals surface area contributed by atoms with Crippen LogP contribution in [0, 0.1) is 0 Å². The first-order valence-corrected chi connectivity index (χ1v) is 9.89.